The van der Waals surface area contributed by atoms with Crippen LogP contribution in [0.5, 0.6) is 0 Å². The summed E-state index contributed by atoms with van der Waals surface area (Å²) >= 11 is 11.6. The molecule has 1 aromatic rings. The van der Waals surface area contributed by atoms with Gasteiger partial charge in [-0.15, -0.1) is 0 Å². The molecule has 0 saturated heterocycles. The van der Waals surface area contributed by atoms with Crippen LogP contribution in [0.1, 0.15) is 0 Å². The molecule has 0 bridgehead atoms. The van der Waals surface area contributed by atoms with Crippen molar-refractivity contribution in [1.82, 2.24) is 0 Å². The first-order valence-electron chi connectivity index (χ1n) is 4.57. The number of halogens is 2. The van der Waals surface area contributed by atoms with Crippen LogP contribution in [-0.2, 0) is 9.53 Å². The zero-order chi connectivity index (χ0) is 12.1. The van der Waals surface area contributed by atoms with Crippen molar-refractivity contribution in [2.24, 2.45) is 5.73 Å². The normalized spacial score (nSPS) is 12.2. The number of carbonyl (C=O) groups is 1. The Morgan fingerprint density at radius 1 is 1.50 bits per heavy atom. The van der Waals surface area contributed by atoms with Crippen molar-refractivity contribution in [3.8, 4) is 0 Å². The molecule has 0 fully saturated rings. The van der Waals surface area contributed by atoms with E-state index in [0.29, 0.717) is 15.7 Å². The highest BCUT2D eigenvalue weighted by atomic mass is 35.5. The highest BCUT2D eigenvalue weighted by Crippen LogP contribution is 2.25. The molecule has 1 unspecified atom stereocenters. The van der Waals surface area contributed by atoms with Gasteiger partial charge in [-0.05, 0) is 18.2 Å². The van der Waals surface area contributed by atoms with Gasteiger partial charge < -0.3 is 15.8 Å². The van der Waals surface area contributed by atoms with E-state index in [0.717, 1.165) is 0 Å². The maximum atomic E-state index is 11.6. The highest BCUT2D eigenvalue weighted by molar-refractivity contribution is 6.42. The van der Waals surface area contributed by atoms with Crippen molar-refractivity contribution >= 4 is 34.8 Å². The Hall–Kier alpha value is -0.810. The van der Waals surface area contributed by atoms with Crippen molar-refractivity contribution in [2.45, 2.75) is 6.10 Å². The minimum absolute atomic E-state index is 0.115. The van der Waals surface area contributed by atoms with Crippen molar-refractivity contribution < 1.29 is 9.53 Å². The van der Waals surface area contributed by atoms with Crippen LogP contribution < -0.4 is 11.1 Å². The van der Waals surface area contributed by atoms with Gasteiger partial charge in [-0.1, -0.05) is 23.2 Å². The van der Waals surface area contributed by atoms with Crippen LogP contribution >= 0.6 is 23.2 Å². The third-order valence-electron chi connectivity index (χ3n) is 1.98. The fourth-order valence-electron chi connectivity index (χ4n) is 1.11. The van der Waals surface area contributed by atoms with E-state index < -0.39 is 6.10 Å². The number of anilines is 1. The molecule has 0 radical (unpaired) electrons. The number of nitrogens with one attached hydrogen (secondary N) is 1. The molecule has 0 saturated carbocycles. The number of nitrogens with two attached hydrogens (primary N) is 1. The van der Waals surface area contributed by atoms with Gasteiger partial charge in [0.05, 0.1) is 10.0 Å². The van der Waals surface area contributed by atoms with Gasteiger partial charge >= 0.3 is 0 Å². The van der Waals surface area contributed by atoms with Gasteiger partial charge in [0.1, 0.15) is 6.10 Å². The lowest BCUT2D eigenvalue weighted by Crippen LogP contribution is -2.35. The molecule has 16 heavy (non-hydrogen) atoms. The molecule has 0 aliphatic heterocycles. The summed E-state index contributed by atoms with van der Waals surface area (Å²) in [6.45, 7) is 0.115. The van der Waals surface area contributed by atoms with Gasteiger partial charge in [0.15, 0.2) is 0 Å². The zero-order valence-corrected chi connectivity index (χ0v) is 10.2. The predicted octanol–water partition coefficient (Wildman–Crippen LogP) is 1.91. The van der Waals surface area contributed by atoms with Crippen LogP contribution in [0.25, 0.3) is 0 Å². The molecule has 0 spiro atoms. The number of hydrogen-bond acceptors (Lipinski definition) is 3. The number of amides is 1. The van der Waals surface area contributed by atoms with Crippen molar-refractivity contribution in [2.75, 3.05) is 19.0 Å². The predicted molar refractivity (Wildman–Crippen MR) is 64.9 cm³/mol. The van der Waals surface area contributed by atoms with Crippen LogP contribution in [0.15, 0.2) is 18.2 Å². The van der Waals surface area contributed by atoms with Crippen molar-refractivity contribution in [1.29, 1.82) is 0 Å². The molecular formula is C10H12Cl2N2O2. The van der Waals surface area contributed by atoms with Crippen LogP contribution in [0.2, 0.25) is 10.0 Å². The van der Waals surface area contributed by atoms with Gasteiger partial charge in [-0.2, -0.15) is 0 Å². The molecule has 88 valence electrons. The van der Waals surface area contributed by atoms with Gasteiger partial charge in [0.2, 0.25) is 0 Å². The fraction of sp³-hybridized carbons (Fsp3) is 0.300. The number of hydrogen-bond donors (Lipinski definition) is 2. The summed E-state index contributed by atoms with van der Waals surface area (Å²) in [5, 5.41) is 3.43. The molecular weight excluding hydrogens is 251 g/mol. The van der Waals surface area contributed by atoms with E-state index in [1.54, 1.807) is 18.2 Å². The van der Waals surface area contributed by atoms with Crippen molar-refractivity contribution in [3.63, 3.8) is 0 Å². The smallest absolute Gasteiger partial charge is 0.254 e. The van der Waals surface area contributed by atoms with E-state index in [1.807, 2.05) is 0 Å². The third-order valence-corrected chi connectivity index (χ3v) is 2.72. The lowest BCUT2D eigenvalue weighted by Gasteiger charge is -2.13. The molecule has 0 aliphatic carbocycles. The van der Waals surface area contributed by atoms with Crippen LogP contribution in [0.4, 0.5) is 5.69 Å². The lowest BCUT2D eigenvalue weighted by atomic mass is 10.3. The first-order valence-corrected chi connectivity index (χ1v) is 5.33. The third kappa shape index (κ3) is 3.35. The summed E-state index contributed by atoms with van der Waals surface area (Å²) in [6, 6.07) is 4.81. The number of ether oxygens (including phenoxy) is 1. The van der Waals surface area contributed by atoms with Crippen LogP contribution in [0, 0.1) is 0 Å². The first kappa shape index (κ1) is 13.3. The number of methoxy groups -OCH3 is 1. The molecule has 1 atom stereocenters. The maximum Gasteiger partial charge on any atom is 0.254 e. The summed E-state index contributed by atoms with van der Waals surface area (Å²) < 4.78 is 4.89. The Bertz CT molecular complexity index is 381. The van der Waals surface area contributed by atoms with Crippen LogP contribution in [-0.4, -0.2) is 25.7 Å². The van der Waals surface area contributed by atoms with E-state index >= 15 is 0 Å². The number of rotatable bonds is 4. The molecule has 0 aliphatic rings. The Balaban J connectivity index is 2.73. The minimum Gasteiger partial charge on any atom is -0.370 e. The molecule has 1 rings (SSSR count). The molecule has 0 heterocycles. The number of benzene rings is 1. The minimum atomic E-state index is -0.672. The average molecular weight is 263 g/mol. The summed E-state index contributed by atoms with van der Waals surface area (Å²) in [7, 11) is 1.42. The molecule has 6 heteroatoms. The van der Waals surface area contributed by atoms with Gasteiger partial charge in [-0.3, -0.25) is 4.79 Å². The lowest BCUT2D eigenvalue weighted by molar-refractivity contribution is -0.125. The van der Waals surface area contributed by atoms with Gasteiger partial charge in [0, 0.05) is 19.3 Å². The summed E-state index contributed by atoms with van der Waals surface area (Å²) in [5.74, 6) is -0.316. The standard InChI is InChI=1S/C10H12Cl2N2O2/c1-16-9(5-13)10(15)14-6-2-3-7(11)8(12)4-6/h2-4,9H,5,13H2,1H3,(H,14,15). The molecule has 4 nitrogen and oxygen atoms in total. The van der Waals surface area contributed by atoms with E-state index in [2.05, 4.69) is 5.32 Å². The van der Waals surface area contributed by atoms with Gasteiger partial charge in [-0.25, -0.2) is 0 Å². The largest absolute Gasteiger partial charge is 0.370 e. The zero-order valence-electron chi connectivity index (χ0n) is 8.67. The van der Waals surface area contributed by atoms with E-state index in [-0.39, 0.29) is 12.5 Å². The SMILES string of the molecule is COC(CN)C(=O)Nc1ccc(Cl)c(Cl)c1. The molecule has 3 N–H and O–H groups in total. The second kappa shape index (κ2) is 6.06. The van der Waals surface area contributed by atoms with Gasteiger partial charge in [0.25, 0.3) is 5.91 Å². The fourth-order valence-corrected chi connectivity index (χ4v) is 1.41. The average Bonchev–Trinajstić information content (AvgIpc) is 2.25. The highest BCUT2D eigenvalue weighted by Gasteiger charge is 2.15. The molecule has 1 amide bonds. The second-order valence-electron chi connectivity index (χ2n) is 3.08. The van der Waals surface area contributed by atoms with Crippen molar-refractivity contribution in [3.05, 3.63) is 28.2 Å². The maximum absolute atomic E-state index is 11.6. The summed E-state index contributed by atoms with van der Waals surface area (Å²) in [4.78, 5) is 11.6. The quantitative estimate of drug-likeness (QED) is 0.872. The Morgan fingerprint density at radius 2 is 2.19 bits per heavy atom. The first-order chi connectivity index (χ1) is 7.58. The number of carbonyl (C=O) groups excluding carboxylic acids is 1. The van der Waals surface area contributed by atoms with E-state index in [1.165, 1.54) is 7.11 Å². The second-order valence-corrected chi connectivity index (χ2v) is 3.89. The summed E-state index contributed by atoms with van der Waals surface area (Å²) in [6.07, 6.45) is -0.672. The van der Waals surface area contributed by atoms with E-state index in [9.17, 15) is 4.79 Å². The molecule has 0 aromatic heterocycles. The van der Waals surface area contributed by atoms with E-state index in [4.69, 9.17) is 33.7 Å². The Morgan fingerprint density at radius 3 is 2.69 bits per heavy atom. The monoisotopic (exact) mass is 262 g/mol. The molecule has 1 aromatic carbocycles. The summed E-state index contributed by atoms with van der Waals surface area (Å²) in [5.41, 5.74) is 5.91. The topological polar surface area (TPSA) is 64.3 Å². The van der Waals surface area contributed by atoms with Crippen LogP contribution in [0.3, 0.4) is 0 Å². The Kier molecular flexibility index (Phi) is 5.02. The Labute approximate surface area is 104 Å².